The fourth-order valence-corrected chi connectivity index (χ4v) is 1.94. The maximum atomic E-state index is 10.9. The number of halogens is 1. The van der Waals surface area contributed by atoms with Gasteiger partial charge in [0.2, 0.25) is 0 Å². The summed E-state index contributed by atoms with van der Waals surface area (Å²) in [4.78, 5) is 10.9. The van der Waals surface area contributed by atoms with E-state index in [-0.39, 0.29) is 0 Å². The lowest BCUT2D eigenvalue weighted by Crippen LogP contribution is -2.10. The van der Waals surface area contributed by atoms with Gasteiger partial charge in [-0.3, -0.25) is 4.79 Å². The van der Waals surface area contributed by atoms with Gasteiger partial charge in [0.1, 0.15) is 24.7 Å². The molecular formula is C16H15ClO3. The van der Waals surface area contributed by atoms with Crippen LogP contribution in [0.5, 0.6) is 11.5 Å². The molecule has 0 atom stereocenters. The van der Waals surface area contributed by atoms with E-state index in [9.17, 15) is 4.79 Å². The maximum absolute atomic E-state index is 10.9. The predicted molar refractivity (Wildman–Crippen MR) is 79.0 cm³/mol. The second-order valence-electron chi connectivity index (χ2n) is 4.31. The molecule has 3 nitrogen and oxygen atoms in total. The SMILES string of the molecule is Cc1cccc(OCCOc2ccc(Cl)cc2C=O)c1. The molecule has 104 valence electrons. The van der Waals surface area contributed by atoms with Gasteiger partial charge in [0.15, 0.2) is 6.29 Å². The molecule has 0 bridgehead atoms. The van der Waals surface area contributed by atoms with Gasteiger partial charge in [0, 0.05) is 5.02 Å². The highest BCUT2D eigenvalue weighted by Gasteiger charge is 2.04. The van der Waals surface area contributed by atoms with Gasteiger partial charge in [0.05, 0.1) is 5.56 Å². The van der Waals surface area contributed by atoms with Crippen molar-refractivity contribution in [3.05, 3.63) is 58.6 Å². The number of carbonyl (C=O) groups excluding carboxylic acids is 1. The zero-order valence-corrected chi connectivity index (χ0v) is 11.9. The average molecular weight is 291 g/mol. The van der Waals surface area contributed by atoms with Gasteiger partial charge in [-0.1, -0.05) is 23.7 Å². The number of aldehydes is 1. The van der Waals surface area contributed by atoms with Crippen molar-refractivity contribution in [1.29, 1.82) is 0 Å². The second kappa shape index (κ2) is 6.96. The molecule has 0 aliphatic carbocycles. The smallest absolute Gasteiger partial charge is 0.153 e. The lowest BCUT2D eigenvalue weighted by atomic mass is 10.2. The lowest BCUT2D eigenvalue weighted by molar-refractivity contribution is 0.111. The molecule has 0 aromatic heterocycles. The van der Waals surface area contributed by atoms with Gasteiger partial charge >= 0.3 is 0 Å². The van der Waals surface area contributed by atoms with Gasteiger partial charge in [0.25, 0.3) is 0 Å². The first kappa shape index (κ1) is 14.4. The molecule has 0 spiro atoms. The van der Waals surface area contributed by atoms with E-state index in [4.69, 9.17) is 21.1 Å². The van der Waals surface area contributed by atoms with E-state index in [0.717, 1.165) is 17.6 Å². The van der Waals surface area contributed by atoms with E-state index in [0.29, 0.717) is 29.5 Å². The van der Waals surface area contributed by atoms with Gasteiger partial charge < -0.3 is 9.47 Å². The Morgan fingerprint density at radius 1 is 1.10 bits per heavy atom. The van der Waals surface area contributed by atoms with E-state index in [1.807, 2.05) is 31.2 Å². The van der Waals surface area contributed by atoms with Crippen molar-refractivity contribution < 1.29 is 14.3 Å². The molecule has 0 heterocycles. The Balaban J connectivity index is 1.86. The summed E-state index contributed by atoms with van der Waals surface area (Å²) in [6.45, 7) is 2.77. The Bertz CT molecular complexity index is 596. The molecule has 2 rings (SSSR count). The van der Waals surface area contributed by atoms with Crippen LogP contribution in [-0.2, 0) is 0 Å². The van der Waals surface area contributed by atoms with Crippen LogP contribution < -0.4 is 9.47 Å². The number of aryl methyl sites for hydroxylation is 1. The zero-order chi connectivity index (χ0) is 14.4. The molecule has 0 fully saturated rings. The fraction of sp³-hybridized carbons (Fsp3) is 0.188. The van der Waals surface area contributed by atoms with E-state index in [1.165, 1.54) is 0 Å². The number of rotatable bonds is 6. The Kier molecular flexibility index (Phi) is 5.02. The summed E-state index contributed by atoms with van der Waals surface area (Å²) in [5.41, 5.74) is 1.58. The number of benzene rings is 2. The highest BCUT2D eigenvalue weighted by atomic mass is 35.5. The Labute approximate surface area is 123 Å². The van der Waals surface area contributed by atoms with Crippen LogP contribution in [0.1, 0.15) is 15.9 Å². The molecule has 0 aliphatic heterocycles. The van der Waals surface area contributed by atoms with Crippen molar-refractivity contribution in [2.45, 2.75) is 6.92 Å². The molecule has 0 unspecified atom stereocenters. The van der Waals surface area contributed by atoms with Crippen LogP contribution in [0.3, 0.4) is 0 Å². The quantitative estimate of drug-likeness (QED) is 0.597. The first-order chi connectivity index (χ1) is 9.69. The van der Waals surface area contributed by atoms with Gasteiger partial charge in [-0.2, -0.15) is 0 Å². The zero-order valence-electron chi connectivity index (χ0n) is 11.1. The van der Waals surface area contributed by atoms with Crippen molar-refractivity contribution in [2.75, 3.05) is 13.2 Å². The molecule has 0 aliphatic rings. The largest absolute Gasteiger partial charge is 0.490 e. The topological polar surface area (TPSA) is 35.5 Å². The first-order valence-corrected chi connectivity index (χ1v) is 6.64. The molecular weight excluding hydrogens is 276 g/mol. The highest BCUT2D eigenvalue weighted by Crippen LogP contribution is 2.21. The van der Waals surface area contributed by atoms with Crippen LogP contribution in [0.25, 0.3) is 0 Å². The monoisotopic (exact) mass is 290 g/mol. The van der Waals surface area contributed by atoms with Crippen molar-refractivity contribution in [1.82, 2.24) is 0 Å². The Hall–Kier alpha value is -2.00. The average Bonchev–Trinajstić information content (AvgIpc) is 2.45. The molecule has 0 radical (unpaired) electrons. The minimum absolute atomic E-state index is 0.358. The first-order valence-electron chi connectivity index (χ1n) is 6.26. The molecule has 0 saturated carbocycles. The summed E-state index contributed by atoms with van der Waals surface area (Å²) in [7, 11) is 0. The molecule has 2 aromatic carbocycles. The van der Waals surface area contributed by atoms with Crippen LogP contribution in [0.2, 0.25) is 5.02 Å². The third kappa shape index (κ3) is 4.00. The van der Waals surface area contributed by atoms with Gasteiger partial charge in [-0.25, -0.2) is 0 Å². The molecule has 4 heteroatoms. The summed E-state index contributed by atoms with van der Waals surface area (Å²) in [5.74, 6) is 1.32. The van der Waals surface area contributed by atoms with Crippen LogP contribution in [0.4, 0.5) is 0 Å². The minimum Gasteiger partial charge on any atom is -0.490 e. The van der Waals surface area contributed by atoms with E-state index >= 15 is 0 Å². The second-order valence-corrected chi connectivity index (χ2v) is 4.75. The third-order valence-electron chi connectivity index (χ3n) is 2.70. The number of hydrogen-bond donors (Lipinski definition) is 0. The van der Waals surface area contributed by atoms with E-state index in [1.54, 1.807) is 18.2 Å². The summed E-state index contributed by atoms with van der Waals surface area (Å²) >= 11 is 5.81. The van der Waals surface area contributed by atoms with Crippen LogP contribution in [0, 0.1) is 6.92 Å². The van der Waals surface area contributed by atoms with Crippen LogP contribution in [0.15, 0.2) is 42.5 Å². The molecule has 20 heavy (non-hydrogen) atoms. The van der Waals surface area contributed by atoms with Crippen molar-refractivity contribution in [3.8, 4) is 11.5 Å². The summed E-state index contributed by atoms with van der Waals surface area (Å²) in [5, 5.41) is 0.510. The third-order valence-corrected chi connectivity index (χ3v) is 2.93. The lowest BCUT2D eigenvalue weighted by Gasteiger charge is -2.10. The number of hydrogen-bond acceptors (Lipinski definition) is 3. The van der Waals surface area contributed by atoms with Gasteiger partial charge in [-0.05, 0) is 42.8 Å². The van der Waals surface area contributed by atoms with Crippen molar-refractivity contribution >= 4 is 17.9 Å². The van der Waals surface area contributed by atoms with Crippen LogP contribution in [-0.4, -0.2) is 19.5 Å². The normalized spacial score (nSPS) is 10.1. The molecule has 0 saturated heterocycles. The highest BCUT2D eigenvalue weighted by molar-refractivity contribution is 6.30. The van der Waals surface area contributed by atoms with Gasteiger partial charge in [-0.15, -0.1) is 0 Å². The fourth-order valence-electron chi connectivity index (χ4n) is 1.76. The van der Waals surface area contributed by atoms with E-state index in [2.05, 4.69) is 0 Å². The Morgan fingerprint density at radius 3 is 2.65 bits per heavy atom. The Morgan fingerprint density at radius 2 is 1.90 bits per heavy atom. The maximum Gasteiger partial charge on any atom is 0.153 e. The van der Waals surface area contributed by atoms with E-state index < -0.39 is 0 Å². The summed E-state index contributed by atoms with van der Waals surface area (Å²) in [6.07, 6.45) is 0.725. The summed E-state index contributed by atoms with van der Waals surface area (Å²) < 4.78 is 11.1. The van der Waals surface area contributed by atoms with Crippen molar-refractivity contribution in [2.24, 2.45) is 0 Å². The predicted octanol–water partition coefficient (Wildman–Crippen LogP) is 3.92. The standard InChI is InChI=1S/C16H15ClO3/c1-12-3-2-4-15(9-12)19-7-8-20-16-6-5-14(17)10-13(16)11-18/h2-6,9-11H,7-8H2,1H3. The molecule has 0 N–H and O–H groups in total. The summed E-state index contributed by atoms with van der Waals surface area (Å²) in [6, 6.07) is 12.7. The number of carbonyl (C=O) groups is 1. The molecule has 2 aromatic rings. The molecule has 0 amide bonds. The van der Waals surface area contributed by atoms with Crippen LogP contribution >= 0.6 is 11.6 Å². The minimum atomic E-state index is 0.358. The van der Waals surface area contributed by atoms with Crippen molar-refractivity contribution in [3.63, 3.8) is 0 Å². The number of ether oxygens (including phenoxy) is 2.